The number of aryl methyl sites for hydroxylation is 1. The van der Waals surface area contributed by atoms with Crippen molar-refractivity contribution in [3.05, 3.63) is 23.0 Å². The molecule has 0 aliphatic heterocycles. The second kappa shape index (κ2) is 7.06. The fraction of sp³-hybridized carbons (Fsp3) is 0.500. The number of esters is 1. The van der Waals surface area contributed by atoms with Crippen LogP contribution in [0.2, 0.25) is 5.02 Å². The third-order valence-corrected chi connectivity index (χ3v) is 2.56. The normalized spacial score (nSPS) is 10.2. The SMILES string of the molecule is CCOC(=O)CCNC(=O)c1cc(Cl)cn1CC. The highest BCUT2D eigenvalue weighted by Crippen LogP contribution is 2.13. The van der Waals surface area contributed by atoms with Gasteiger partial charge in [-0.2, -0.15) is 0 Å². The van der Waals surface area contributed by atoms with Gasteiger partial charge in [0.25, 0.3) is 5.91 Å². The van der Waals surface area contributed by atoms with Crippen LogP contribution in [-0.2, 0) is 16.1 Å². The fourth-order valence-corrected chi connectivity index (χ4v) is 1.75. The van der Waals surface area contributed by atoms with Gasteiger partial charge in [-0.05, 0) is 19.9 Å². The van der Waals surface area contributed by atoms with Crippen molar-refractivity contribution in [1.29, 1.82) is 0 Å². The van der Waals surface area contributed by atoms with E-state index in [1.54, 1.807) is 23.8 Å². The molecule has 5 nitrogen and oxygen atoms in total. The van der Waals surface area contributed by atoms with E-state index in [0.29, 0.717) is 23.9 Å². The molecule has 1 aromatic rings. The molecule has 1 rings (SSSR count). The topological polar surface area (TPSA) is 60.3 Å². The molecule has 18 heavy (non-hydrogen) atoms. The van der Waals surface area contributed by atoms with Crippen molar-refractivity contribution in [3.8, 4) is 0 Å². The lowest BCUT2D eigenvalue weighted by Crippen LogP contribution is -2.28. The van der Waals surface area contributed by atoms with Gasteiger partial charge in [0.05, 0.1) is 18.1 Å². The summed E-state index contributed by atoms with van der Waals surface area (Å²) in [5.74, 6) is -0.560. The van der Waals surface area contributed by atoms with Crippen LogP contribution in [0.5, 0.6) is 0 Å². The van der Waals surface area contributed by atoms with Gasteiger partial charge in [-0.1, -0.05) is 11.6 Å². The standard InChI is InChI=1S/C12H17ClN2O3/c1-3-15-8-9(13)7-10(15)12(17)14-6-5-11(16)18-4-2/h7-8H,3-6H2,1-2H3,(H,14,17). The van der Waals surface area contributed by atoms with Crippen molar-refractivity contribution in [1.82, 2.24) is 9.88 Å². The Kier molecular flexibility index (Phi) is 5.71. The van der Waals surface area contributed by atoms with Gasteiger partial charge in [0.15, 0.2) is 0 Å². The number of nitrogens with zero attached hydrogens (tertiary/aromatic N) is 1. The number of amides is 1. The summed E-state index contributed by atoms with van der Waals surface area (Å²) in [4.78, 5) is 22.9. The second-order valence-corrected chi connectivity index (χ2v) is 4.08. The number of rotatable bonds is 6. The Labute approximate surface area is 111 Å². The van der Waals surface area contributed by atoms with Gasteiger partial charge in [0, 0.05) is 19.3 Å². The molecular weight excluding hydrogens is 256 g/mol. The van der Waals surface area contributed by atoms with Gasteiger partial charge in [-0.25, -0.2) is 0 Å². The first kappa shape index (κ1) is 14.6. The Morgan fingerprint density at radius 1 is 1.44 bits per heavy atom. The zero-order valence-electron chi connectivity index (χ0n) is 10.5. The molecule has 0 saturated carbocycles. The number of halogens is 1. The minimum absolute atomic E-state index is 0.167. The second-order valence-electron chi connectivity index (χ2n) is 3.64. The van der Waals surface area contributed by atoms with Crippen molar-refractivity contribution >= 4 is 23.5 Å². The Balaban J connectivity index is 2.47. The Morgan fingerprint density at radius 2 is 2.17 bits per heavy atom. The van der Waals surface area contributed by atoms with E-state index < -0.39 is 0 Å². The molecule has 6 heteroatoms. The van der Waals surface area contributed by atoms with Crippen molar-refractivity contribution in [2.75, 3.05) is 13.2 Å². The lowest BCUT2D eigenvalue weighted by molar-refractivity contribution is -0.142. The van der Waals surface area contributed by atoms with Gasteiger partial charge < -0.3 is 14.6 Å². The number of carbonyl (C=O) groups is 2. The minimum atomic E-state index is -0.318. The molecule has 0 aliphatic rings. The van der Waals surface area contributed by atoms with Gasteiger partial charge in [0.1, 0.15) is 5.69 Å². The highest BCUT2D eigenvalue weighted by Gasteiger charge is 2.12. The van der Waals surface area contributed by atoms with E-state index in [0.717, 1.165) is 0 Å². The number of hydrogen-bond acceptors (Lipinski definition) is 3. The van der Waals surface area contributed by atoms with Crippen molar-refractivity contribution in [2.45, 2.75) is 26.8 Å². The van der Waals surface area contributed by atoms with E-state index in [2.05, 4.69) is 5.32 Å². The van der Waals surface area contributed by atoms with E-state index in [9.17, 15) is 9.59 Å². The first-order valence-corrected chi connectivity index (χ1v) is 6.25. The summed E-state index contributed by atoms with van der Waals surface area (Å²) in [6.07, 6.45) is 1.86. The van der Waals surface area contributed by atoms with Crippen molar-refractivity contribution in [2.24, 2.45) is 0 Å². The fourth-order valence-electron chi connectivity index (χ4n) is 1.53. The number of aromatic nitrogens is 1. The Bertz CT molecular complexity index is 429. The molecule has 1 N–H and O–H groups in total. The van der Waals surface area contributed by atoms with E-state index in [1.165, 1.54) is 0 Å². The molecule has 0 atom stereocenters. The Hall–Kier alpha value is -1.49. The van der Waals surface area contributed by atoms with Crippen LogP contribution in [0.15, 0.2) is 12.3 Å². The van der Waals surface area contributed by atoms with Crippen molar-refractivity contribution < 1.29 is 14.3 Å². The largest absolute Gasteiger partial charge is 0.466 e. The highest BCUT2D eigenvalue weighted by atomic mass is 35.5. The zero-order valence-corrected chi connectivity index (χ0v) is 11.3. The maximum absolute atomic E-state index is 11.8. The summed E-state index contributed by atoms with van der Waals surface area (Å²) in [6, 6.07) is 1.60. The number of carbonyl (C=O) groups excluding carboxylic acids is 2. The first-order chi connectivity index (χ1) is 8.58. The predicted octanol–water partition coefficient (Wildman–Crippen LogP) is 1.84. The van der Waals surface area contributed by atoms with E-state index in [4.69, 9.17) is 16.3 Å². The van der Waals surface area contributed by atoms with Crippen molar-refractivity contribution in [3.63, 3.8) is 0 Å². The summed E-state index contributed by atoms with van der Waals surface area (Å²) in [5.41, 5.74) is 0.492. The molecule has 1 heterocycles. The number of nitrogens with one attached hydrogen (secondary N) is 1. The monoisotopic (exact) mass is 272 g/mol. The quantitative estimate of drug-likeness (QED) is 0.804. The lowest BCUT2D eigenvalue weighted by Gasteiger charge is -2.07. The van der Waals surface area contributed by atoms with Crippen LogP contribution in [0.4, 0.5) is 0 Å². The molecule has 0 aromatic carbocycles. The molecule has 0 saturated heterocycles. The zero-order chi connectivity index (χ0) is 13.5. The Morgan fingerprint density at radius 3 is 2.78 bits per heavy atom. The van der Waals surface area contributed by atoms with Gasteiger partial charge >= 0.3 is 5.97 Å². The van der Waals surface area contributed by atoms with Gasteiger partial charge in [-0.3, -0.25) is 9.59 Å². The molecule has 0 unspecified atom stereocenters. The summed E-state index contributed by atoms with van der Waals surface area (Å²) in [5, 5.41) is 3.18. The van der Waals surface area contributed by atoms with Gasteiger partial charge in [0.2, 0.25) is 0 Å². The molecular formula is C12H17ClN2O3. The molecule has 1 amide bonds. The van der Waals surface area contributed by atoms with E-state index in [-0.39, 0.29) is 24.8 Å². The summed E-state index contributed by atoms with van der Waals surface area (Å²) in [6.45, 7) is 4.93. The maximum atomic E-state index is 11.8. The first-order valence-electron chi connectivity index (χ1n) is 5.88. The van der Waals surface area contributed by atoms with E-state index in [1.807, 2.05) is 6.92 Å². The smallest absolute Gasteiger partial charge is 0.307 e. The van der Waals surface area contributed by atoms with Crippen LogP contribution in [-0.4, -0.2) is 29.6 Å². The third-order valence-electron chi connectivity index (χ3n) is 2.36. The van der Waals surface area contributed by atoms with Crippen LogP contribution >= 0.6 is 11.6 Å². The van der Waals surface area contributed by atoms with Crippen LogP contribution in [0, 0.1) is 0 Å². The van der Waals surface area contributed by atoms with Crippen LogP contribution in [0.25, 0.3) is 0 Å². The molecule has 0 radical (unpaired) electrons. The van der Waals surface area contributed by atoms with Crippen LogP contribution in [0.3, 0.4) is 0 Å². The van der Waals surface area contributed by atoms with Gasteiger partial charge in [-0.15, -0.1) is 0 Å². The molecule has 100 valence electrons. The molecule has 0 aliphatic carbocycles. The minimum Gasteiger partial charge on any atom is -0.466 e. The highest BCUT2D eigenvalue weighted by molar-refractivity contribution is 6.31. The summed E-state index contributed by atoms with van der Waals surface area (Å²) >= 11 is 5.84. The average molecular weight is 273 g/mol. The summed E-state index contributed by atoms with van der Waals surface area (Å²) in [7, 11) is 0. The average Bonchev–Trinajstić information content (AvgIpc) is 2.70. The molecule has 0 spiro atoms. The molecule has 1 aromatic heterocycles. The van der Waals surface area contributed by atoms with Crippen LogP contribution < -0.4 is 5.32 Å². The number of hydrogen-bond donors (Lipinski definition) is 1. The predicted molar refractivity (Wildman–Crippen MR) is 68.7 cm³/mol. The summed E-state index contributed by atoms with van der Waals surface area (Å²) < 4.78 is 6.51. The third kappa shape index (κ3) is 4.07. The lowest BCUT2D eigenvalue weighted by atomic mass is 10.3. The molecule has 0 fully saturated rings. The number of ether oxygens (including phenoxy) is 1. The van der Waals surface area contributed by atoms with E-state index >= 15 is 0 Å². The molecule has 0 bridgehead atoms. The van der Waals surface area contributed by atoms with Crippen LogP contribution in [0.1, 0.15) is 30.8 Å². The maximum Gasteiger partial charge on any atom is 0.307 e.